The SMILES string of the molecule is COc1ccc(OC)c(-c2ccc(N)nc2)c1. The van der Waals surface area contributed by atoms with Gasteiger partial charge in [-0.3, -0.25) is 0 Å². The normalized spacial score (nSPS) is 10.0. The fourth-order valence-corrected chi connectivity index (χ4v) is 1.60. The number of benzene rings is 1. The van der Waals surface area contributed by atoms with E-state index in [4.69, 9.17) is 15.2 Å². The Hall–Kier alpha value is -2.23. The van der Waals surface area contributed by atoms with Crippen molar-refractivity contribution >= 4 is 5.82 Å². The van der Waals surface area contributed by atoms with Gasteiger partial charge in [0.2, 0.25) is 0 Å². The van der Waals surface area contributed by atoms with Crippen molar-refractivity contribution in [2.24, 2.45) is 0 Å². The molecule has 0 fully saturated rings. The van der Waals surface area contributed by atoms with Crippen molar-refractivity contribution in [3.05, 3.63) is 36.5 Å². The van der Waals surface area contributed by atoms with E-state index in [0.717, 1.165) is 22.6 Å². The Bertz CT molecular complexity index is 509. The number of hydrogen-bond donors (Lipinski definition) is 1. The van der Waals surface area contributed by atoms with E-state index in [2.05, 4.69) is 4.98 Å². The summed E-state index contributed by atoms with van der Waals surface area (Å²) in [5.74, 6) is 2.05. The third-order valence-electron chi connectivity index (χ3n) is 2.50. The smallest absolute Gasteiger partial charge is 0.127 e. The van der Waals surface area contributed by atoms with Crippen LogP contribution in [0.5, 0.6) is 11.5 Å². The second-order valence-electron chi connectivity index (χ2n) is 3.54. The molecule has 1 aromatic carbocycles. The van der Waals surface area contributed by atoms with Crippen LogP contribution in [0.1, 0.15) is 0 Å². The Morgan fingerprint density at radius 1 is 1.06 bits per heavy atom. The molecule has 2 rings (SSSR count). The van der Waals surface area contributed by atoms with E-state index < -0.39 is 0 Å². The quantitative estimate of drug-likeness (QED) is 0.879. The molecule has 1 aromatic heterocycles. The minimum Gasteiger partial charge on any atom is -0.497 e. The lowest BCUT2D eigenvalue weighted by atomic mass is 10.1. The van der Waals surface area contributed by atoms with E-state index in [1.807, 2.05) is 24.3 Å². The Labute approximate surface area is 100 Å². The molecule has 0 bridgehead atoms. The zero-order chi connectivity index (χ0) is 12.3. The van der Waals surface area contributed by atoms with Crippen molar-refractivity contribution in [1.82, 2.24) is 4.98 Å². The lowest BCUT2D eigenvalue weighted by molar-refractivity contribution is 0.404. The molecule has 0 aliphatic rings. The van der Waals surface area contributed by atoms with Crippen LogP contribution in [-0.2, 0) is 0 Å². The van der Waals surface area contributed by atoms with Gasteiger partial charge in [-0.2, -0.15) is 0 Å². The van der Waals surface area contributed by atoms with E-state index >= 15 is 0 Å². The molecule has 2 aromatic rings. The first-order valence-corrected chi connectivity index (χ1v) is 5.18. The van der Waals surface area contributed by atoms with E-state index in [1.54, 1.807) is 26.5 Å². The predicted molar refractivity (Wildman–Crippen MR) is 67.2 cm³/mol. The standard InChI is InChI=1S/C13H14N2O2/c1-16-10-4-5-12(17-2)11(7-10)9-3-6-13(14)15-8-9/h3-8H,1-2H3,(H2,14,15). The molecule has 4 heteroatoms. The van der Waals surface area contributed by atoms with Gasteiger partial charge in [-0.15, -0.1) is 0 Å². The predicted octanol–water partition coefficient (Wildman–Crippen LogP) is 2.35. The summed E-state index contributed by atoms with van der Waals surface area (Å²) in [6.45, 7) is 0. The van der Waals surface area contributed by atoms with Gasteiger partial charge in [0, 0.05) is 17.3 Å². The first-order valence-electron chi connectivity index (χ1n) is 5.18. The number of ether oxygens (including phenoxy) is 2. The average Bonchev–Trinajstić information content (AvgIpc) is 2.39. The molecule has 2 N–H and O–H groups in total. The Morgan fingerprint density at radius 3 is 2.47 bits per heavy atom. The van der Waals surface area contributed by atoms with Crippen LogP contribution in [-0.4, -0.2) is 19.2 Å². The first-order chi connectivity index (χ1) is 8.24. The molecule has 0 saturated carbocycles. The van der Waals surface area contributed by atoms with Gasteiger partial charge in [-0.05, 0) is 30.3 Å². The zero-order valence-corrected chi connectivity index (χ0v) is 9.81. The van der Waals surface area contributed by atoms with Gasteiger partial charge in [0.05, 0.1) is 14.2 Å². The maximum atomic E-state index is 5.56. The molecule has 0 atom stereocenters. The van der Waals surface area contributed by atoms with Crippen molar-refractivity contribution in [2.45, 2.75) is 0 Å². The molecule has 0 radical (unpaired) electrons. The number of nitrogen functional groups attached to an aromatic ring is 1. The third-order valence-corrected chi connectivity index (χ3v) is 2.50. The van der Waals surface area contributed by atoms with Crippen molar-refractivity contribution in [3.63, 3.8) is 0 Å². The Morgan fingerprint density at radius 2 is 1.88 bits per heavy atom. The summed E-state index contributed by atoms with van der Waals surface area (Å²) >= 11 is 0. The molecule has 0 saturated heterocycles. The summed E-state index contributed by atoms with van der Waals surface area (Å²) in [6, 6.07) is 9.29. The Balaban J connectivity index is 2.51. The largest absolute Gasteiger partial charge is 0.497 e. The molecule has 88 valence electrons. The second-order valence-corrected chi connectivity index (χ2v) is 3.54. The second kappa shape index (κ2) is 4.74. The number of methoxy groups -OCH3 is 2. The molecular formula is C13H14N2O2. The molecule has 0 aliphatic heterocycles. The summed E-state index contributed by atoms with van der Waals surface area (Å²) < 4.78 is 10.5. The summed E-state index contributed by atoms with van der Waals surface area (Å²) in [4.78, 5) is 4.07. The Kier molecular flexibility index (Phi) is 3.14. The molecule has 0 aliphatic carbocycles. The van der Waals surface area contributed by atoms with E-state index in [0.29, 0.717) is 5.82 Å². The maximum absolute atomic E-state index is 5.56. The fraction of sp³-hybridized carbons (Fsp3) is 0.154. The van der Waals surface area contributed by atoms with Crippen LogP contribution >= 0.6 is 0 Å². The van der Waals surface area contributed by atoms with Gasteiger partial charge in [0.15, 0.2) is 0 Å². The van der Waals surface area contributed by atoms with Crippen molar-refractivity contribution in [2.75, 3.05) is 20.0 Å². The van der Waals surface area contributed by atoms with Gasteiger partial charge in [-0.25, -0.2) is 4.98 Å². The molecule has 0 spiro atoms. The fourth-order valence-electron chi connectivity index (χ4n) is 1.60. The van der Waals surface area contributed by atoms with Crippen LogP contribution in [0.3, 0.4) is 0 Å². The highest BCUT2D eigenvalue weighted by molar-refractivity contribution is 5.72. The zero-order valence-electron chi connectivity index (χ0n) is 9.81. The van der Waals surface area contributed by atoms with Gasteiger partial charge in [-0.1, -0.05) is 0 Å². The van der Waals surface area contributed by atoms with Crippen molar-refractivity contribution in [3.8, 4) is 22.6 Å². The van der Waals surface area contributed by atoms with E-state index in [1.165, 1.54) is 0 Å². The maximum Gasteiger partial charge on any atom is 0.127 e. The highest BCUT2D eigenvalue weighted by Crippen LogP contribution is 2.33. The minimum absolute atomic E-state index is 0.496. The highest BCUT2D eigenvalue weighted by atomic mass is 16.5. The lowest BCUT2D eigenvalue weighted by Gasteiger charge is -2.10. The summed E-state index contributed by atoms with van der Waals surface area (Å²) in [7, 11) is 3.27. The number of nitrogens with two attached hydrogens (primary N) is 1. The van der Waals surface area contributed by atoms with Crippen LogP contribution in [0.25, 0.3) is 11.1 Å². The van der Waals surface area contributed by atoms with Crippen molar-refractivity contribution in [1.29, 1.82) is 0 Å². The third kappa shape index (κ3) is 2.30. The van der Waals surface area contributed by atoms with Crippen molar-refractivity contribution < 1.29 is 9.47 Å². The average molecular weight is 230 g/mol. The summed E-state index contributed by atoms with van der Waals surface area (Å²) in [6.07, 6.45) is 1.71. The number of hydrogen-bond acceptors (Lipinski definition) is 4. The van der Waals surface area contributed by atoms with E-state index in [9.17, 15) is 0 Å². The number of pyridine rings is 1. The molecule has 4 nitrogen and oxygen atoms in total. The van der Waals surface area contributed by atoms with Gasteiger partial charge < -0.3 is 15.2 Å². The monoisotopic (exact) mass is 230 g/mol. The van der Waals surface area contributed by atoms with Crippen LogP contribution in [0, 0.1) is 0 Å². The van der Waals surface area contributed by atoms with Crippen LogP contribution in [0.15, 0.2) is 36.5 Å². The van der Waals surface area contributed by atoms with Crippen LogP contribution < -0.4 is 15.2 Å². The molecule has 1 heterocycles. The number of aromatic nitrogens is 1. The number of rotatable bonds is 3. The van der Waals surface area contributed by atoms with Gasteiger partial charge in [0.1, 0.15) is 17.3 Å². The lowest BCUT2D eigenvalue weighted by Crippen LogP contribution is -1.92. The summed E-state index contributed by atoms with van der Waals surface area (Å²) in [5, 5.41) is 0. The minimum atomic E-state index is 0.496. The summed E-state index contributed by atoms with van der Waals surface area (Å²) in [5.41, 5.74) is 7.43. The highest BCUT2D eigenvalue weighted by Gasteiger charge is 2.07. The van der Waals surface area contributed by atoms with Crippen LogP contribution in [0.2, 0.25) is 0 Å². The number of anilines is 1. The van der Waals surface area contributed by atoms with E-state index in [-0.39, 0.29) is 0 Å². The molecule has 0 amide bonds. The molecule has 0 unspecified atom stereocenters. The van der Waals surface area contributed by atoms with Gasteiger partial charge >= 0.3 is 0 Å². The first kappa shape index (κ1) is 11.3. The topological polar surface area (TPSA) is 57.4 Å². The molecule has 17 heavy (non-hydrogen) atoms. The van der Waals surface area contributed by atoms with Gasteiger partial charge in [0.25, 0.3) is 0 Å². The number of nitrogens with zero attached hydrogens (tertiary/aromatic N) is 1. The van der Waals surface area contributed by atoms with Crippen LogP contribution in [0.4, 0.5) is 5.82 Å². The molecular weight excluding hydrogens is 216 g/mol.